The molecule has 0 unspecified atom stereocenters. The third kappa shape index (κ3) is 3.51. The molecule has 2 rings (SSSR count). The maximum Gasteiger partial charge on any atom is 0.346 e. The predicted molar refractivity (Wildman–Crippen MR) is 71.3 cm³/mol. The fourth-order valence-electron chi connectivity index (χ4n) is 1.88. The number of ether oxygens (including phenoxy) is 1. The van der Waals surface area contributed by atoms with Crippen LogP contribution >= 0.6 is 0 Å². The lowest BCUT2D eigenvalue weighted by molar-refractivity contribution is 0.0443. The standard InChI is InChI=1S/C14H16O4Si/c1-9(2)18-19-7-3-4-10-5-6-11-12(8-10)14(16)17-13(11)15/h5-6,8-9H,3-4,7H2,1-2H3. The van der Waals surface area contributed by atoms with Crippen molar-refractivity contribution < 1.29 is 18.8 Å². The first-order chi connectivity index (χ1) is 9.08. The van der Waals surface area contributed by atoms with Gasteiger partial charge in [-0.05, 0) is 50.4 Å². The van der Waals surface area contributed by atoms with Crippen LogP contribution in [0.4, 0.5) is 0 Å². The van der Waals surface area contributed by atoms with Gasteiger partial charge in [-0.3, -0.25) is 0 Å². The van der Waals surface area contributed by atoms with Crippen molar-refractivity contribution in [3.63, 3.8) is 0 Å². The Hall–Kier alpha value is -1.46. The van der Waals surface area contributed by atoms with Crippen molar-refractivity contribution in [2.45, 2.75) is 38.8 Å². The maximum atomic E-state index is 11.4. The molecule has 0 N–H and O–H groups in total. The van der Waals surface area contributed by atoms with Crippen molar-refractivity contribution in [1.29, 1.82) is 0 Å². The number of hydrogen-bond acceptors (Lipinski definition) is 4. The third-order valence-electron chi connectivity index (χ3n) is 2.77. The normalized spacial score (nSPS) is 13.8. The van der Waals surface area contributed by atoms with Crippen LogP contribution in [-0.2, 0) is 15.6 Å². The number of hydrogen-bond donors (Lipinski definition) is 0. The van der Waals surface area contributed by atoms with Gasteiger partial charge in [-0.25, -0.2) is 9.59 Å². The number of carbonyl (C=O) groups excluding carboxylic acids is 2. The van der Waals surface area contributed by atoms with Gasteiger partial charge >= 0.3 is 11.9 Å². The minimum atomic E-state index is -0.543. The van der Waals surface area contributed by atoms with Crippen molar-refractivity contribution in [1.82, 2.24) is 0 Å². The van der Waals surface area contributed by atoms with Crippen LogP contribution in [0.15, 0.2) is 18.2 Å². The topological polar surface area (TPSA) is 52.6 Å². The van der Waals surface area contributed by atoms with Crippen LogP contribution in [0.2, 0.25) is 6.04 Å². The molecule has 0 fully saturated rings. The zero-order valence-electron chi connectivity index (χ0n) is 11.1. The second-order valence-electron chi connectivity index (χ2n) is 4.72. The lowest BCUT2D eigenvalue weighted by atomic mass is 10.0. The molecule has 0 saturated heterocycles. The minimum absolute atomic E-state index is 0.277. The Kier molecular flexibility index (Phi) is 4.50. The van der Waals surface area contributed by atoms with E-state index in [1.807, 2.05) is 19.9 Å². The van der Waals surface area contributed by atoms with Crippen molar-refractivity contribution in [3.8, 4) is 0 Å². The summed E-state index contributed by atoms with van der Waals surface area (Å²) in [6.45, 7) is 4.05. The molecule has 1 aromatic rings. The number of aryl methyl sites for hydroxylation is 1. The fraction of sp³-hybridized carbons (Fsp3) is 0.429. The van der Waals surface area contributed by atoms with Crippen molar-refractivity contribution >= 4 is 21.7 Å². The van der Waals surface area contributed by atoms with E-state index >= 15 is 0 Å². The molecule has 0 aliphatic carbocycles. The van der Waals surface area contributed by atoms with Crippen LogP contribution in [0.3, 0.4) is 0 Å². The maximum absolute atomic E-state index is 11.4. The Balaban J connectivity index is 1.87. The summed E-state index contributed by atoms with van der Waals surface area (Å²) in [6, 6.07) is 6.32. The number of esters is 2. The minimum Gasteiger partial charge on any atom is -0.415 e. The van der Waals surface area contributed by atoms with Gasteiger partial charge < -0.3 is 9.16 Å². The van der Waals surface area contributed by atoms with Gasteiger partial charge in [0.25, 0.3) is 0 Å². The van der Waals surface area contributed by atoms with Gasteiger partial charge in [-0.15, -0.1) is 0 Å². The largest absolute Gasteiger partial charge is 0.415 e. The van der Waals surface area contributed by atoms with E-state index in [4.69, 9.17) is 4.43 Å². The van der Waals surface area contributed by atoms with E-state index in [1.165, 1.54) is 0 Å². The lowest BCUT2D eigenvalue weighted by Crippen LogP contribution is -2.07. The highest BCUT2D eigenvalue weighted by Crippen LogP contribution is 2.21. The molecule has 100 valence electrons. The summed E-state index contributed by atoms with van der Waals surface area (Å²) in [6.07, 6.45) is 2.16. The lowest BCUT2D eigenvalue weighted by Gasteiger charge is -2.06. The first-order valence-electron chi connectivity index (χ1n) is 6.36. The average molecular weight is 276 g/mol. The number of fused-ring (bicyclic) bond motifs is 1. The Labute approximate surface area is 115 Å². The van der Waals surface area contributed by atoms with Gasteiger partial charge in [0.1, 0.15) is 0 Å². The van der Waals surface area contributed by atoms with Gasteiger partial charge in [-0.1, -0.05) is 6.07 Å². The van der Waals surface area contributed by atoms with E-state index in [2.05, 4.69) is 4.74 Å². The summed E-state index contributed by atoms with van der Waals surface area (Å²) in [5.41, 5.74) is 1.82. The van der Waals surface area contributed by atoms with Crippen molar-refractivity contribution in [2.24, 2.45) is 0 Å². The van der Waals surface area contributed by atoms with Crippen LogP contribution in [0.1, 0.15) is 46.5 Å². The Morgan fingerprint density at radius 3 is 2.68 bits per heavy atom. The molecule has 4 nitrogen and oxygen atoms in total. The Bertz CT molecular complexity index is 496. The molecule has 0 aromatic heterocycles. The summed E-state index contributed by atoms with van der Waals surface area (Å²) in [5, 5.41) is 0. The van der Waals surface area contributed by atoms with Gasteiger partial charge in [0, 0.05) is 6.10 Å². The van der Waals surface area contributed by atoms with Crippen LogP contribution in [0.5, 0.6) is 0 Å². The number of benzene rings is 1. The highest BCUT2D eigenvalue weighted by molar-refractivity contribution is 6.27. The molecule has 0 amide bonds. The molecule has 5 heteroatoms. The van der Waals surface area contributed by atoms with Crippen LogP contribution < -0.4 is 0 Å². The van der Waals surface area contributed by atoms with Crippen LogP contribution in [0.25, 0.3) is 0 Å². The van der Waals surface area contributed by atoms with Crippen LogP contribution in [0, 0.1) is 0 Å². The van der Waals surface area contributed by atoms with E-state index in [9.17, 15) is 9.59 Å². The van der Waals surface area contributed by atoms with Gasteiger partial charge in [-0.2, -0.15) is 0 Å². The fourth-order valence-corrected chi connectivity index (χ4v) is 2.65. The molecule has 19 heavy (non-hydrogen) atoms. The molecule has 1 heterocycles. The average Bonchev–Trinajstić information content (AvgIpc) is 2.64. The second kappa shape index (κ2) is 6.12. The van der Waals surface area contributed by atoms with Crippen molar-refractivity contribution in [3.05, 3.63) is 34.9 Å². The van der Waals surface area contributed by atoms with Gasteiger partial charge in [0.15, 0.2) is 0 Å². The summed E-state index contributed by atoms with van der Waals surface area (Å²) in [7, 11) is 0.517. The molecular weight excluding hydrogens is 260 g/mol. The quantitative estimate of drug-likeness (QED) is 0.346. The third-order valence-corrected chi connectivity index (χ3v) is 3.97. The van der Waals surface area contributed by atoms with Crippen LogP contribution in [-0.4, -0.2) is 27.8 Å². The predicted octanol–water partition coefficient (Wildman–Crippen LogP) is 2.39. The molecule has 0 atom stereocenters. The summed E-state index contributed by atoms with van der Waals surface area (Å²) < 4.78 is 10.1. The molecule has 1 aromatic carbocycles. The molecule has 0 saturated carbocycles. The first kappa shape index (κ1) is 14.0. The molecule has 2 radical (unpaired) electrons. The summed E-state index contributed by atoms with van der Waals surface area (Å²) in [4.78, 5) is 22.7. The molecular formula is C14H16O4Si. The zero-order chi connectivity index (χ0) is 13.8. The Morgan fingerprint density at radius 2 is 1.95 bits per heavy atom. The first-order valence-corrected chi connectivity index (χ1v) is 7.47. The van der Waals surface area contributed by atoms with E-state index in [1.54, 1.807) is 12.1 Å². The smallest absolute Gasteiger partial charge is 0.346 e. The number of cyclic esters (lactones) is 2. The highest BCUT2D eigenvalue weighted by Gasteiger charge is 2.29. The summed E-state index contributed by atoms with van der Waals surface area (Å²) >= 11 is 0. The number of carbonyl (C=O) groups is 2. The molecule has 0 bridgehead atoms. The van der Waals surface area contributed by atoms with Crippen molar-refractivity contribution in [2.75, 3.05) is 0 Å². The monoisotopic (exact) mass is 276 g/mol. The molecule has 1 aliphatic heterocycles. The highest BCUT2D eigenvalue weighted by atomic mass is 28.2. The molecule has 0 spiro atoms. The van der Waals surface area contributed by atoms with E-state index in [0.717, 1.165) is 24.4 Å². The van der Waals surface area contributed by atoms with E-state index in [0.29, 0.717) is 20.9 Å². The van der Waals surface area contributed by atoms with E-state index in [-0.39, 0.29) is 6.10 Å². The zero-order valence-corrected chi connectivity index (χ0v) is 12.1. The van der Waals surface area contributed by atoms with Gasteiger partial charge in [0.05, 0.1) is 11.1 Å². The van der Waals surface area contributed by atoms with E-state index < -0.39 is 11.9 Å². The van der Waals surface area contributed by atoms with Gasteiger partial charge in [0.2, 0.25) is 9.76 Å². The molecule has 1 aliphatic rings. The number of rotatable bonds is 6. The Morgan fingerprint density at radius 1 is 1.21 bits per heavy atom. The second-order valence-corrected chi connectivity index (χ2v) is 5.75. The summed E-state index contributed by atoms with van der Waals surface area (Å²) in [5.74, 6) is -1.08. The SMILES string of the molecule is CC(C)O[Si]CCCc1ccc2c(c1)C(=O)OC2=O.